The Morgan fingerprint density at radius 1 is 1.33 bits per heavy atom. The normalized spacial score (nSPS) is 21.7. The number of hydrogen-bond acceptors (Lipinski definition) is 3. The molecule has 0 saturated carbocycles. The van der Waals surface area contributed by atoms with Crippen LogP contribution in [0.4, 0.5) is 5.69 Å². The summed E-state index contributed by atoms with van der Waals surface area (Å²) in [5.74, 6) is 0.762. The number of aromatic amines is 1. The van der Waals surface area contributed by atoms with Gasteiger partial charge in [0.15, 0.2) is 0 Å². The van der Waals surface area contributed by atoms with Gasteiger partial charge in [-0.15, -0.1) is 0 Å². The SMILES string of the molecule is CC(C)(C)C1CCCN(c2cn[nH]c(=O)c2)CC1. The smallest absolute Gasteiger partial charge is 0.266 e. The molecule has 18 heavy (non-hydrogen) atoms. The molecule has 4 nitrogen and oxygen atoms in total. The molecule has 1 aliphatic heterocycles. The molecule has 1 atom stereocenters. The molecule has 0 aliphatic carbocycles. The minimum absolute atomic E-state index is 0.121. The first-order chi connectivity index (χ1) is 8.47. The van der Waals surface area contributed by atoms with Crippen molar-refractivity contribution < 1.29 is 0 Å². The van der Waals surface area contributed by atoms with Crippen molar-refractivity contribution in [1.29, 1.82) is 0 Å². The van der Waals surface area contributed by atoms with Gasteiger partial charge in [-0.05, 0) is 30.6 Å². The van der Waals surface area contributed by atoms with Crippen LogP contribution in [0.3, 0.4) is 0 Å². The number of aromatic nitrogens is 2. The zero-order valence-electron chi connectivity index (χ0n) is 11.6. The minimum Gasteiger partial charge on any atom is -0.370 e. The van der Waals surface area contributed by atoms with Gasteiger partial charge in [0.05, 0.1) is 11.9 Å². The molecule has 1 aromatic rings. The summed E-state index contributed by atoms with van der Waals surface area (Å²) in [4.78, 5) is 13.6. The van der Waals surface area contributed by atoms with Crippen LogP contribution >= 0.6 is 0 Å². The van der Waals surface area contributed by atoms with Gasteiger partial charge in [-0.1, -0.05) is 20.8 Å². The Morgan fingerprint density at radius 2 is 2.11 bits per heavy atom. The van der Waals surface area contributed by atoms with Crippen LogP contribution in [0.25, 0.3) is 0 Å². The van der Waals surface area contributed by atoms with Crippen molar-refractivity contribution in [2.45, 2.75) is 40.0 Å². The first kappa shape index (κ1) is 13.1. The monoisotopic (exact) mass is 249 g/mol. The number of H-pyrrole nitrogens is 1. The molecule has 2 heterocycles. The van der Waals surface area contributed by atoms with E-state index in [9.17, 15) is 4.79 Å². The standard InChI is InChI=1S/C14H23N3O/c1-14(2,3)11-5-4-7-17(8-6-11)12-9-13(18)16-15-10-12/h9-11H,4-8H2,1-3H3,(H,16,18). The Hall–Kier alpha value is -1.32. The van der Waals surface area contributed by atoms with Crippen LogP contribution < -0.4 is 10.5 Å². The van der Waals surface area contributed by atoms with E-state index >= 15 is 0 Å². The minimum atomic E-state index is -0.121. The molecule has 1 unspecified atom stereocenters. The molecule has 0 amide bonds. The molecular weight excluding hydrogens is 226 g/mol. The lowest BCUT2D eigenvalue weighted by molar-refractivity contribution is 0.220. The topological polar surface area (TPSA) is 49.0 Å². The van der Waals surface area contributed by atoms with Gasteiger partial charge in [0.25, 0.3) is 5.56 Å². The largest absolute Gasteiger partial charge is 0.370 e. The second-order valence-electron chi connectivity index (χ2n) is 6.28. The van der Waals surface area contributed by atoms with Crippen molar-refractivity contribution >= 4 is 5.69 Å². The molecule has 0 spiro atoms. The first-order valence-corrected chi connectivity index (χ1v) is 6.76. The quantitative estimate of drug-likeness (QED) is 0.831. The summed E-state index contributed by atoms with van der Waals surface area (Å²) in [6, 6.07) is 1.64. The highest BCUT2D eigenvalue weighted by Gasteiger charge is 2.27. The van der Waals surface area contributed by atoms with Gasteiger partial charge < -0.3 is 4.90 Å². The van der Waals surface area contributed by atoms with Gasteiger partial charge in [0.1, 0.15) is 0 Å². The zero-order valence-corrected chi connectivity index (χ0v) is 11.6. The molecular formula is C14H23N3O. The third kappa shape index (κ3) is 3.12. The van der Waals surface area contributed by atoms with E-state index in [-0.39, 0.29) is 5.56 Å². The van der Waals surface area contributed by atoms with E-state index < -0.39 is 0 Å². The Balaban J connectivity index is 2.08. The molecule has 4 heteroatoms. The summed E-state index contributed by atoms with van der Waals surface area (Å²) >= 11 is 0. The summed E-state index contributed by atoms with van der Waals surface area (Å²) in [5, 5.41) is 6.31. The van der Waals surface area contributed by atoms with Crippen molar-refractivity contribution in [1.82, 2.24) is 10.2 Å². The summed E-state index contributed by atoms with van der Waals surface area (Å²) in [6.07, 6.45) is 5.40. The fraction of sp³-hybridized carbons (Fsp3) is 0.714. The number of hydrogen-bond donors (Lipinski definition) is 1. The van der Waals surface area contributed by atoms with Gasteiger partial charge >= 0.3 is 0 Å². The second kappa shape index (κ2) is 5.12. The van der Waals surface area contributed by atoms with Gasteiger partial charge in [0.2, 0.25) is 0 Å². The molecule has 100 valence electrons. The fourth-order valence-electron chi connectivity index (χ4n) is 2.76. The molecule has 1 aromatic heterocycles. The predicted molar refractivity (Wildman–Crippen MR) is 73.9 cm³/mol. The van der Waals surface area contributed by atoms with E-state index in [0.29, 0.717) is 5.41 Å². The van der Waals surface area contributed by atoms with E-state index in [1.807, 2.05) is 0 Å². The van der Waals surface area contributed by atoms with Crippen molar-refractivity contribution in [3.05, 3.63) is 22.6 Å². The summed E-state index contributed by atoms with van der Waals surface area (Å²) in [5.41, 5.74) is 1.21. The Kier molecular flexibility index (Phi) is 3.73. The number of nitrogens with zero attached hydrogens (tertiary/aromatic N) is 2. The lowest BCUT2D eigenvalue weighted by atomic mass is 9.77. The Labute approximate surface area is 108 Å². The summed E-state index contributed by atoms with van der Waals surface area (Å²) in [6.45, 7) is 9.01. The average molecular weight is 249 g/mol. The van der Waals surface area contributed by atoms with Crippen LogP contribution in [0, 0.1) is 11.3 Å². The van der Waals surface area contributed by atoms with Crippen LogP contribution in [-0.4, -0.2) is 23.3 Å². The summed E-state index contributed by atoms with van der Waals surface area (Å²) < 4.78 is 0. The van der Waals surface area contributed by atoms with Crippen LogP contribution in [0.15, 0.2) is 17.1 Å². The molecule has 0 radical (unpaired) electrons. The predicted octanol–water partition coefficient (Wildman–Crippen LogP) is 2.42. The van der Waals surface area contributed by atoms with Crippen molar-refractivity contribution in [3.8, 4) is 0 Å². The molecule has 2 rings (SSSR count). The zero-order chi connectivity index (χ0) is 13.2. The molecule has 1 N–H and O–H groups in total. The fourth-order valence-corrected chi connectivity index (χ4v) is 2.76. The van der Waals surface area contributed by atoms with E-state index in [2.05, 4.69) is 35.9 Å². The van der Waals surface area contributed by atoms with E-state index in [1.165, 1.54) is 19.3 Å². The second-order valence-corrected chi connectivity index (χ2v) is 6.28. The highest BCUT2D eigenvalue weighted by molar-refractivity contribution is 5.42. The third-order valence-corrected chi connectivity index (χ3v) is 3.97. The van der Waals surface area contributed by atoms with Crippen LogP contribution in [-0.2, 0) is 0 Å². The van der Waals surface area contributed by atoms with E-state index in [1.54, 1.807) is 12.3 Å². The maximum absolute atomic E-state index is 11.3. The molecule has 1 aliphatic rings. The van der Waals surface area contributed by atoms with Crippen LogP contribution in [0.1, 0.15) is 40.0 Å². The number of anilines is 1. The highest BCUT2D eigenvalue weighted by Crippen LogP contribution is 2.34. The van der Waals surface area contributed by atoms with Gasteiger partial charge in [0, 0.05) is 19.2 Å². The third-order valence-electron chi connectivity index (χ3n) is 3.97. The molecule has 1 fully saturated rings. The highest BCUT2D eigenvalue weighted by atomic mass is 16.1. The van der Waals surface area contributed by atoms with Crippen LogP contribution in [0.2, 0.25) is 0 Å². The van der Waals surface area contributed by atoms with Crippen molar-refractivity contribution in [2.24, 2.45) is 11.3 Å². The van der Waals surface area contributed by atoms with Gasteiger partial charge in [-0.3, -0.25) is 4.79 Å². The van der Waals surface area contributed by atoms with Gasteiger partial charge in [-0.2, -0.15) is 5.10 Å². The maximum atomic E-state index is 11.3. The lowest BCUT2D eigenvalue weighted by Gasteiger charge is -2.30. The average Bonchev–Trinajstić information content (AvgIpc) is 2.53. The molecule has 0 aromatic carbocycles. The summed E-state index contributed by atoms with van der Waals surface area (Å²) in [7, 11) is 0. The van der Waals surface area contributed by atoms with E-state index in [0.717, 1.165) is 24.7 Å². The van der Waals surface area contributed by atoms with Crippen molar-refractivity contribution in [3.63, 3.8) is 0 Å². The van der Waals surface area contributed by atoms with Crippen LogP contribution in [0.5, 0.6) is 0 Å². The molecule has 1 saturated heterocycles. The number of rotatable bonds is 1. The van der Waals surface area contributed by atoms with Crippen molar-refractivity contribution in [2.75, 3.05) is 18.0 Å². The number of nitrogens with one attached hydrogen (secondary N) is 1. The molecule has 0 bridgehead atoms. The first-order valence-electron chi connectivity index (χ1n) is 6.76. The Bertz CT molecular complexity index is 447. The van der Waals surface area contributed by atoms with Gasteiger partial charge in [-0.25, -0.2) is 5.10 Å². The maximum Gasteiger partial charge on any atom is 0.266 e. The lowest BCUT2D eigenvalue weighted by Crippen LogP contribution is -2.27. The Morgan fingerprint density at radius 3 is 2.78 bits per heavy atom. The van der Waals surface area contributed by atoms with E-state index in [4.69, 9.17) is 0 Å².